The minimum Gasteiger partial charge on any atom is -0.394 e. The van der Waals surface area contributed by atoms with Crippen LogP contribution in [0.15, 0.2) is 60.7 Å². The molecule has 0 amide bonds. The molecule has 0 aliphatic carbocycles. The fourth-order valence-corrected chi connectivity index (χ4v) is 5.35. The van der Waals surface area contributed by atoms with Gasteiger partial charge in [-0.25, -0.2) is 0 Å². The van der Waals surface area contributed by atoms with Gasteiger partial charge in [0.2, 0.25) is 0 Å². The Labute approximate surface area is 238 Å². The van der Waals surface area contributed by atoms with Crippen molar-refractivity contribution in [2.75, 3.05) is 19.8 Å². The summed E-state index contributed by atoms with van der Waals surface area (Å²) in [5, 5.41) is 61.6. The summed E-state index contributed by atoms with van der Waals surface area (Å²) in [6.45, 7) is 0.583. The quantitative estimate of drug-likeness (QED) is 0.189. The zero-order valence-corrected chi connectivity index (χ0v) is 22.9. The maximum atomic E-state index is 13.3. The number of ketones is 1. The van der Waals surface area contributed by atoms with Crippen molar-refractivity contribution in [1.82, 2.24) is 0 Å². The topological polar surface area (TPSA) is 175 Å². The number of hydrogen-bond acceptors (Lipinski definition) is 11. The van der Waals surface area contributed by atoms with E-state index in [1.165, 1.54) is 0 Å². The van der Waals surface area contributed by atoms with Crippen LogP contribution in [0.5, 0.6) is 0 Å². The van der Waals surface area contributed by atoms with Crippen LogP contribution in [0.1, 0.15) is 36.8 Å². The van der Waals surface area contributed by atoms with E-state index < -0.39 is 80.4 Å². The van der Waals surface area contributed by atoms with Gasteiger partial charge in [-0.3, -0.25) is 4.79 Å². The summed E-state index contributed by atoms with van der Waals surface area (Å²) in [7, 11) is 0. The molecule has 4 unspecified atom stereocenters. The number of carbonyl (C=O) groups is 1. The number of ether oxygens (including phenoxy) is 4. The molecular weight excluding hydrogens is 536 g/mol. The Bertz CT molecular complexity index is 1030. The molecule has 226 valence electrons. The lowest BCUT2D eigenvalue weighted by Crippen LogP contribution is -2.63. The van der Waals surface area contributed by atoms with E-state index in [1.54, 1.807) is 6.92 Å². The van der Waals surface area contributed by atoms with E-state index in [0.29, 0.717) is 6.42 Å². The first-order valence-electron chi connectivity index (χ1n) is 13.9. The molecule has 2 aromatic rings. The second-order valence-corrected chi connectivity index (χ2v) is 10.6. The monoisotopic (exact) mass is 576 g/mol. The van der Waals surface area contributed by atoms with Gasteiger partial charge in [-0.15, -0.1) is 0 Å². The molecule has 0 saturated carbocycles. The van der Waals surface area contributed by atoms with E-state index in [1.807, 2.05) is 60.7 Å². The summed E-state index contributed by atoms with van der Waals surface area (Å²) < 4.78 is 22.5. The second kappa shape index (κ2) is 14.7. The average molecular weight is 577 g/mol. The minimum atomic E-state index is -1.60. The normalized spacial score (nSPS) is 34.0. The lowest BCUT2D eigenvalue weighted by Gasteiger charge is -2.46. The summed E-state index contributed by atoms with van der Waals surface area (Å²) in [5.74, 6) is -1.01. The van der Waals surface area contributed by atoms with Gasteiger partial charge < -0.3 is 49.6 Å². The zero-order chi connectivity index (χ0) is 29.5. The summed E-state index contributed by atoms with van der Waals surface area (Å²) in [4.78, 5) is 13.3. The van der Waals surface area contributed by atoms with Crippen LogP contribution in [0.3, 0.4) is 0 Å². The largest absolute Gasteiger partial charge is 0.394 e. The van der Waals surface area contributed by atoms with Gasteiger partial charge >= 0.3 is 0 Å². The number of aliphatic hydroxyl groups is 6. The van der Waals surface area contributed by atoms with Crippen LogP contribution in [0.25, 0.3) is 0 Å². The number of benzene rings is 2. The van der Waals surface area contributed by atoms with Crippen LogP contribution < -0.4 is 0 Å². The zero-order valence-electron chi connectivity index (χ0n) is 22.9. The summed E-state index contributed by atoms with van der Waals surface area (Å²) in [5.41, 5.74) is 1.77. The molecule has 0 radical (unpaired) electrons. The van der Waals surface area contributed by atoms with Gasteiger partial charge in [-0.05, 0) is 17.5 Å². The van der Waals surface area contributed by atoms with Crippen molar-refractivity contribution in [3.63, 3.8) is 0 Å². The molecule has 2 aromatic carbocycles. The molecule has 4 rings (SSSR count). The molecule has 0 bridgehead atoms. The van der Waals surface area contributed by atoms with Gasteiger partial charge in [0, 0.05) is 12.3 Å². The highest BCUT2D eigenvalue weighted by Gasteiger charge is 2.50. The van der Waals surface area contributed by atoms with Gasteiger partial charge in [0.25, 0.3) is 0 Å². The molecule has 2 heterocycles. The van der Waals surface area contributed by atoms with Crippen molar-refractivity contribution < 1.29 is 54.4 Å². The SMILES string of the molecule is C[C@H]1C(CO)O[C@@H](O[C@H]2C(CO)O[C@H](OCCCC(=O)C(c3ccccc3)c3ccccc3)[C@H](O)C2O)[C@H](O)C1O. The smallest absolute Gasteiger partial charge is 0.187 e. The van der Waals surface area contributed by atoms with Gasteiger partial charge in [0.15, 0.2) is 12.6 Å². The third kappa shape index (κ3) is 7.38. The minimum absolute atomic E-state index is 0.00146. The van der Waals surface area contributed by atoms with E-state index in [0.717, 1.165) is 11.1 Å². The number of rotatable bonds is 12. The average Bonchev–Trinajstić information content (AvgIpc) is 2.99. The molecule has 2 saturated heterocycles. The number of aliphatic hydroxyl groups excluding tert-OH is 6. The Morgan fingerprint density at radius 1 is 0.780 bits per heavy atom. The number of carbonyl (C=O) groups excluding carboxylic acids is 1. The molecule has 41 heavy (non-hydrogen) atoms. The van der Waals surface area contributed by atoms with E-state index in [2.05, 4.69) is 0 Å². The van der Waals surface area contributed by atoms with Gasteiger partial charge in [-0.1, -0.05) is 67.6 Å². The van der Waals surface area contributed by atoms with Crippen molar-refractivity contribution in [3.05, 3.63) is 71.8 Å². The molecule has 0 aromatic heterocycles. The molecule has 2 aliphatic heterocycles. The fraction of sp³-hybridized carbons (Fsp3) is 0.567. The molecule has 6 N–H and O–H groups in total. The molecular formula is C30H40O11. The van der Waals surface area contributed by atoms with Crippen LogP contribution in [-0.4, -0.2) is 112 Å². The highest BCUT2D eigenvalue weighted by molar-refractivity contribution is 5.89. The standard InChI is InChI=1S/C30H40O11/c1-17-21(15-31)39-30(26(36)24(17)34)41-28-22(16-32)40-29(27(37)25(28)35)38-14-8-13-20(33)23(18-9-4-2-5-10-18)19-11-6-3-7-12-19/h2-7,9-12,17,21-32,34-37H,8,13-16H2,1H3/t17-,21?,22?,24?,25?,26+,27+,28-,29-,30-/m0/s1. The Balaban J connectivity index is 1.33. The lowest BCUT2D eigenvalue weighted by atomic mass is 9.86. The maximum Gasteiger partial charge on any atom is 0.187 e. The highest BCUT2D eigenvalue weighted by Crippen LogP contribution is 2.32. The third-order valence-electron chi connectivity index (χ3n) is 7.79. The van der Waals surface area contributed by atoms with Crippen LogP contribution in [0.4, 0.5) is 0 Å². The van der Waals surface area contributed by atoms with Crippen molar-refractivity contribution in [3.8, 4) is 0 Å². The van der Waals surface area contributed by atoms with Crippen molar-refractivity contribution in [2.45, 2.75) is 81.0 Å². The number of hydrogen-bond donors (Lipinski definition) is 6. The molecule has 2 aliphatic rings. The van der Waals surface area contributed by atoms with Gasteiger partial charge in [-0.2, -0.15) is 0 Å². The molecule has 2 fully saturated rings. The number of Topliss-reactive ketones (excluding diaryl/α,β-unsaturated/α-hetero) is 1. The molecule has 11 nitrogen and oxygen atoms in total. The predicted octanol–water partition coefficient (Wildman–Crippen LogP) is 0.0837. The van der Waals surface area contributed by atoms with E-state index in [9.17, 15) is 35.4 Å². The molecule has 0 spiro atoms. The van der Waals surface area contributed by atoms with Gasteiger partial charge in [0.1, 0.15) is 36.3 Å². The first-order chi connectivity index (χ1) is 19.8. The summed E-state index contributed by atoms with van der Waals surface area (Å²) in [6, 6.07) is 19.0. The van der Waals surface area contributed by atoms with Crippen molar-refractivity contribution in [1.29, 1.82) is 0 Å². The van der Waals surface area contributed by atoms with Crippen LogP contribution >= 0.6 is 0 Å². The Hall–Kier alpha value is -2.29. The van der Waals surface area contributed by atoms with Crippen LogP contribution in [0.2, 0.25) is 0 Å². The van der Waals surface area contributed by atoms with Crippen molar-refractivity contribution in [2.24, 2.45) is 5.92 Å². The van der Waals surface area contributed by atoms with Crippen molar-refractivity contribution >= 4 is 5.78 Å². The van der Waals surface area contributed by atoms with E-state index >= 15 is 0 Å². The van der Waals surface area contributed by atoms with Gasteiger partial charge in [0.05, 0.1) is 37.9 Å². The Morgan fingerprint density at radius 2 is 1.32 bits per heavy atom. The molecule has 10 atom stereocenters. The Morgan fingerprint density at radius 3 is 1.88 bits per heavy atom. The second-order valence-electron chi connectivity index (χ2n) is 10.6. The summed E-state index contributed by atoms with van der Waals surface area (Å²) >= 11 is 0. The Kier molecular flexibility index (Phi) is 11.4. The van der Waals surface area contributed by atoms with Crippen LogP contribution in [-0.2, 0) is 23.7 Å². The predicted molar refractivity (Wildman–Crippen MR) is 144 cm³/mol. The first kappa shape index (κ1) is 31.6. The molecule has 11 heteroatoms. The summed E-state index contributed by atoms with van der Waals surface area (Å²) in [6.07, 6.45) is -11.6. The highest BCUT2D eigenvalue weighted by atomic mass is 16.7. The lowest BCUT2D eigenvalue weighted by molar-refractivity contribution is -0.355. The van der Waals surface area contributed by atoms with E-state index in [-0.39, 0.29) is 18.8 Å². The first-order valence-corrected chi connectivity index (χ1v) is 13.9. The van der Waals surface area contributed by atoms with Crippen LogP contribution in [0, 0.1) is 5.92 Å². The maximum absolute atomic E-state index is 13.3. The van der Waals surface area contributed by atoms with E-state index in [4.69, 9.17) is 18.9 Å². The third-order valence-corrected chi connectivity index (χ3v) is 7.79. The fourth-order valence-electron chi connectivity index (χ4n) is 5.35.